The number of hydrogen-bond acceptors (Lipinski definition) is 5. The van der Waals surface area contributed by atoms with Gasteiger partial charge in [0.2, 0.25) is 0 Å². The van der Waals surface area contributed by atoms with E-state index in [9.17, 15) is 27.9 Å². The molecule has 2 N–H and O–H groups in total. The summed E-state index contributed by atoms with van der Waals surface area (Å²) in [5.41, 5.74) is -1.87. The molecule has 2 atom stereocenters. The van der Waals surface area contributed by atoms with Gasteiger partial charge in [-0.1, -0.05) is 30.3 Å². The Morgan fingerprint density at radius 1 is 1.17 bits per heavy atom. The first kappa shape index (κ1) is 20.7. The number of hydrogen-bond donors (Lipinski definition) is 2. The van der Waals surface area contributed by atoms with Gasteiger partial charge in [-0.05, 0) is 29.3 Å². The molecular weight excluding hydrogens is 391 g/mol. The molecule has 0 aromatic heterocycles. The molecule has 2 aromatic rings. The van der Waals surface area contributed by atoms with Crippen molar-refractivity contribution in [3.05, 3.63) is 65.2 Å². The highest BCUT2D eigenvalue weighted by atomic mass is 19.4. The lowest BCUT2D eigenvalue weighted by Gasteiger charge is -2.36. The van der Waals surface area contributed by atoms with Crippen molar-refractivity contribution in [2.45, 2.75) is 24.2 Å². The third-order valence-corrected chi connectivity index (χ3v) is 4.68. The molecule has 0 bridgehead atoms. The van der Waals surface area contributed by atoms with Crippen molar-refractivity contribution in [2.24, 2.45) is 0 Å². The maximum absolute atomic E-state index is 12.7. The normalized spacial score (nSPS) is 19.5. The van der Waals surface area contributed by atoms with Gasteiger partial charge in [-0.25, -0.2) is 4.79 Å². The average Bonchev–Trinajstić information content (AvgIpc) is 2.71. The number of carbonyl (C=O) groups is 2. The summed E-state index contributed by atoms with van der Waals surface area (Å²) in [5.74, 6) is -1.16. The molecule has 154 valence electrons. The molecule has 0 radical (unpaired) electrons. The van der Waals surface area contributed by atoms with Crippen LogP contribution in [0.5, 0.6) is 5.75 Å². The topological polar surface area (TPSA) is 84.9 Å². The molecule has 0 saturated heterocycles. The Hall–Kier alpha value is -3.07. The van der Waals surface area contributed by atoms with E-state index in [0.717, 1.165) is 31.4 Å². The predicted octanol–water partition coefficient (Wildman–Crippen LogP) is 2.40. The molecule has 29 heavy (non-hydrogen) atoms. The van der Waals surface area contributed by atoms with E-state index >= 15 is 0 Å². The molecule has 1 amide bonds. The fourth-order valence-corrected chi connectivity index (χ4v) is 3.14. The lowest BCUT2D eigenvalue weighted by atomic mass is 9.88. The van der Waals surface area contributed by atoms with Crippen molar-refractivity contribution in [3.8, 4) is 5.75 Å². The summed E-state index contributed by atoms with van der Waals surface area (Å²) in [7, 11) is 1.16. The molecule has 0 aliphatic carbocycles. The van der Waals surface area contributed by atoms with Crippen LogP contribution in [0.1, 0.15) is 22.8 Å². The van der Waals surface area contributed by atoms with Gasteiger partial charge in [0, 0.05) is 6.42 Å². The summed E-state index contributed by atoms with van der Waals surface area (Å²) >= 11 is 0. The number of nitrogens with one attached hydrogen (secondary N) is 1. The van der Waals surface area contributed by atoms with Crippen molar-refractivity contribution < 1.29 is 37.3 Å². The number of esters is 1. The van der Waals surface area contributed by atoms with Crippen LogP contribution in [-0.4, -0.2) is 36.2 Å². The van der Waals surface area contributed by atoms with E-state index in [2.05, 4.69) is 5.32 Å². The fourth-order valence-electron chi connectivity index (χ4n) is 3.14. The third-order valence-electron chi connectivity index (χ3n) is 4.68. The maximum Gasteiger partial charge on any atom is 0.416 e. The number of aliphatic hydroxyl groups is 1. The Balaban J connectivity index is 1.81. The zero-order valence-corrected chi connectivity index (χ0v) is 15.3. The number of fused-ring (bicyclic) bond motifs is 1. The molecule has 1 aliphatic heterocycles. The summed E-state index contributed by atoms with van der Waals surface area (Å²) in [6, 6.07) is 10.5. The number of ether oxygens (including phenoxy) is 2. The molecule has 3 rings (SSSR count). The summed E-state index contributed by atoms with van der Waals surface area (Å²) in [6.45, 7) is -0.220. The SMILES string of the molecule is COC(=O)C1(NC(=O)C(O)c2ccc(C(F)(F)F)cc2)COc2ccccc2C1. The van der Waals surface area contributed by atoms with E-state index in [0.29, 0.717) is 11.3 Å². The molecular formula is C20H18F3NO5. The molecule has 9 heteroatoms. The van der Waals surface area contributed by atoms with Crippen LogP contribution < -0.4 is 10.1 Å². The van der Waals surface area contributed by atoms with Crippen LogP contribution in [-0.2, 0) is 26.9 Å². The quantitative estimate of drug-likeness (QED) is 0.758. The molecule has 0 spiro atoms. The van der Waals surface area contributed by atoms with Gasteiger partial charge < -0.3 is 19.9 Å². The van der Waals surface area contributed by atoms with Crippen LogP contribution in [0.2, 0.25) is 0 Å². The Labute approximate surface area is 164 Å². The highest BCUT2D eigenvalue weighted by Crippen LogP contribution is 2.32. The standard InChI is InChI=1S/C20H18F3NO5/c1-28-18(27)19(10-13-4-2-3-5-15(13)29-11-19)24-17(26)16(25)12-6-8-14(9-7-12)20(21,22)23/h2-9,16,25H,10-11H2,1H3,(H,24,26). The van der Waals surface area contributed by atoms with Gasteiger partial charge >= 0.3 is 12.1 Å². The van der Waals surface area contributed by atoms with Crippen LogP contribution in [0.3, 0.4) is 0 Å². The van der Waals surface area contributed by atoms with E-state index in [1.54, 1.807) is 24.3 Å². The minimum atomic E-state index is -4.53. The van der Waals surface area contributed by atoms with Gasteiger partial charge in [0.15, 0.2) is 11.6 Å². The Bertz CT molecular complexity index is 913. The maximum atomic E-state index is 12.7. The van der Waals surface area contributed by atoms with Crippen molar-refractivity contribution in [1.82, 2.24) is 5.32 Å². The summed E-state index contributed by atoms with van der Waals surface area (Å²) in [4.78, 5) is 25.0. The highest BCUT2D eigenvalue weighted by molar-refractivity contribution is 5.91. The number of alkyl halides is 3. The van der Waals surface area contributed by atoms with Crippen LogP contribution >= 0.6 is 0 Å². The average molecular weight is 409 g/mol. The monoisotopic (exact) mass is 409 g/mol. The minimum Gasteiger partial charge on any atom is -0.490 e. The van der Waals surface area contributed by atoms with Crippen molar-refractivity contribution in [2.75, 3.05) is 13.7 Å². The zero-order valence-electron chi connectivity index (χ0n) is 15.3. The van der Waals surface area contributed by atoms with E-state index in [-0.39, 0.29) is 18.6 Å². The molecule has 2 unspecified atom stereocenters. The number of carbonyl (C=O) groups excluding carboxylic acids is 2. The van der Waals surface area contributed by atoms with Gasteiger partial charge in [0.1, 0.15) is 12.4 Å². The van der Waals surface area contributed by atoms with E-state index < -0.39 is 35.3 Å². The number of rotatable bonds is 4. The first-order valence-corrected chi connectivity index (χ1v) is 8.63. The molecule has 0 fully saturated rings. The third kappa shape index (κ3) is 4.19. The number of amides is 1. The Morgan fingerprint density at radius 2 is 1.83 bits per heavy atom. The van der Waals surface area contributed by atoms with Crippen LogP contribution in [0.4, 0.5) is 13.2 Å². The number of para-hydroxylation sites is 1. The summed E-state index contributed by atoms with van der Waals surface area (Å²) < 4.78 is 48.4. The smallest absolute Gasteiger partial charge is 0.416 e. The Morgan fingerprint density at radius 3 is 2.45 bits per heavy atom. The lowest BCUT2D eigenvalue weighted by Crippen LogP contribution is -2.62. The number of methoxy groups -OCH3 is 1. The van der Waals surface area contributed by atoms with E-state index in [1.807, 2.05) is 0 Å². The molecule has 1 aliphatic rings. The number of aliphatic hydroxyl groups excluding tert-OH is 1. The predicted molar refractivity (Wildman–Crippen MR) is 94.9 cm³/mol. The van der Waals surface area contributed by atoms with Crippen LogP contribution in [0, 0.1) is 0 Å². The van der Waals surface area contributed by atoms with Gasteiger partial charge in [-0.2, -0.15) is 13.2 Å². The zero-order chi connectivity index (χ0) is 21.2. The van der Waals surface area contributed by atoms with Crippen molar-refractivity contribution in [1.29, 1.82) is 0 Å². The van der Waals surface area contributed by atoms with Crippen molar-refractivity contribution in [3.63, 3.8) is 0 Å². The lowest BCUT2D eigenvalue weighted by molar-refractivity contribution is -0.154. The fraction of sp³-hybridized carbons (Fsp3) is 0.300. The number of halogens is 3. The second-order valence-corrected chi connectivity index (χ2v) is 6.66. The van der Waals surface area contributed by atoms with Gasteiger partial charge in [-0.15, -0.1) is 0 Å². The first-order chi connectivity index (χ1) is 13.7. The second kappa shape index (κ2) is 7.75. The van der Waals surface area contributed by atoms with Crippen molar-refractivity contribution >= 4 is 11.9 Å². The van der Waals surface area contributed by atoms with Gasteiger partial charge in [0.25, 0.3) is 5.91 Å². The van der Waals surface area contributed by atoms with Gasteiger partial charge in [-0.3, -0.25) is 4.79 Å². The van der Waals surface area contributed by atoms with Gasteiger partial charge in [0.05, 0.1) is 12.7 Å². The Kier molecular flexibility index (Phi) is 5.52. The largest absolute Gasteiger partial charge is 0.490 e. The molecule has 1 heterocycles. The molecule has 2 aromatic carbocycles. The van der Waals surface area contributed by atoms with E-state index in [4.69, 9.17) is 9.47 Å². The van der Waals surface area contributed by atoms with Crippen LogP contribution in [0.15, 0.2) is 48.5 Å². The minimum absolute atomic E-state index is 0.0485. The van der Waals surface area contributed by atoms with Crippen LogP contribution in [0.25, 0.3) is 0 Å². The van der Waals surface area contributed by atoms with E-state index in [1.165, 1.54) is 0 Å². The summed E-state index contributed by atoms with van der Waals surface area (Å²) in [5, 5.41) is 12.7. The highest BCUT2D eigenvalue weighted by Gasteiger charge is 2.46. The molecule has 0 saturated carbocycles. The second-order valence-electron chi connectivity index (χ2n) is 6.66. The summed E-state index contributed by atoms with van der Waals surface area (Å²) in [6.07, 6.45) is -6.24. The number of benzene rings is 2. The molecule has 6 nitrogen and oxygen atoms in total. The first-order valence-electron chi connectivity index (χ1n) is 8.63.